The van der Waals surface area contributed by atoms with Crippen LogP contribution in [0.25, 0.3) is 61.6 Å². The van der Waals surface area contributed by atoms with E-state index >= 15 is 0 Å². The maximum absolute atomic E-state index is 5.48. The molecular formula is C59H43N3. The highest BCUT2D eigenvalue weighted by Gasteiger charge is 2.54. The molecule has 62 heavy (non-hydrogen) atoms. The van der Waals surface area contributed by atoms with Gasteiger partial charge in [-0.2, -0.15) is 0 Å². The summed E-state index contributed by atoms with van der Waals surface area (Å²) in [7, 11) is 0. The maximum Gasteiger partial charge on any atom is 0.134 e. The largest absolute Gasteiger partial charge is 0.310 e. The van der Waals surface area contributed by atoms with Gasteiger partial charge in [0.25, 0.3) is 0 Å². The second kappa shape index (κ2) is 12.2. The Morgan fingerprint density at radius 3 is 2.23 bits per heavy atom. The molecule has 1 aliphatic heterocycles. The van der Waals surface area contributed by atoms with E-state index < -0.39 is 5.41 Å². The summed E-state index contributed by atoms with van der Waals surface area (Å²) >= 11 is 0. The predicted octanol–water partition coefficient (Wildman–Crippen LogP) is 13.8. The minimum absolute atomic E-state index is 0.0945. The van der Waals surface area contributed by atoms with E-state index in [0.29, 0.717) is 11.8 Å². The van der Waals surface area contributed by atoms with E-state index in [1.54, 1.807) is 0 Å². The maximum atomic E-state index is 5.48. The average Bonchev–Trinajstić information content (AvgIpc) is 4.08. The molecule has 1 spiro atoms. The highest BCUT2D eigenvalue weighted by Crippen LogP contribution is 2.61. The van der Waals surface area contributed by atoms with Crippen molar-refractivity contribution in [2.24, 2.45) is 5.92 Å². The molecular weight excluding hydrogens is 751 g/mol. The molecule has 0 radical (unpaired) electrons. The molecule has 0 bridgehead atoms. The van der Waals surface area contributed by atoms with Crippen LogP contribution < -0.4 is 0 Å². The van der Waals surface area contributed by atoms with Crippen LogP contribution in [0.15, 0.2) is 188 Å². The van der Waals surface area contributed by atoms with E-state index in [0.717, 1.165) is 23.3 Å². The summed E-state index contributed by atoms with van der Waals surface area (Å²) in [6.45, 7) is 4.83. The second-order valence-corrected chi connectivity index (χ2v) is 18.7. The zero-order valence-corrected chi connectivity index (χ0v) is 34.8. The van der Waals surface area contributed by atoms with Gasteiger partial charge in [0.15, 0.2) is 0 Å². The molecule has 3 nitrogen and oxygen atoms in total. The number of para-hydroxylation sites is 4. The summed E-state index contributed by atoms with van der Waals surface area (Å²) < 4.78 is 4.90. The molecule has 9 aromatic rings. The molecule has 2 aromatic heterocycles. The summed E-state index contributed by atoms with van der Waals surface area (Å²) in [6, 6.07) is 59.3. The highest BCUT2D eigenvalue weighted by atomic mass is 15.1. The Kier molecular flexibility index (Phi) is 6.79. The lowest BCUT2D eigenvalue weighted by molar-refractivity contribution is 0.394. The topological polar surface area (TPSA) is 22.8 Å². The Morgan fingerprint density at radius 2 is 1.32 bits per heavy atom. The van der Waals surface area contributed by atoms with Crippen molar-refractivity contribution in [1.29, 1.82) is 0 Å². The first-order valence-corrected chi connectivity index (χ1v) is 22.2. The molecule has 0 amide bonds. The monoisotopic (exact) mass is 793 g/mol. The van der Waals surface area contributed by atoms with Gasteiger partial charge in [0.2, 0.25) is 0 Å². The quantitative estimate of drug-likeness (QED) is 0.175. The molecule has 0 fully saturated rings. The first-order chi connectivity index (χ1) is 30.5. The number of aromatic nitrogens is 3. The van der Waals surface area contributed by atoms with E-state index in [2.05, 4.69) is 217 Å². The summed E-state index contributed by atoms with van der Waals surface area (Å²) in [6.07, 6.45) is 15.0. The second-order valence-electron chi connectivity index (χ2n) is 18.7. The smallest absolute Gasteiger partial charge is 0.134 e. The van der Waals surface area contributed by atoms with Gasteiger partial charge in [-0.3, -0.25) is 4.57 Å². The van der Waals surface area contributed by atoms with Crippen LogP contribution in [0.1, 0.15) is 76.1 Å². The van der Waals surface area contributed by atoms with Gasteiger partial charge >= 0.3 is 0 Å². The highest BCUT2D eigenvalue weighted by molar-refractivity contribution is 5.93. The summed E-state index contributed by atoms with van der Waals surface area (Å²) in [4.78, 5) is 5.48. The third-order valence-corrected chi connectivity index (χ3v) is 15.4. The van der Waals surface area contributed by atoms with Crippen LogP contribution in [0.3, 0.4) is 0 Å². The van der Waals surface area contributed by atoms with Gasteiger partial charge in [-0.1, -0.05) is 166 Å². The first-order valence-electron chi connectivity index (χ1n) is 22.2. The van der Waals surface area contributed by atoms with Crippen molar-refractivity contribution in [3.05, 3.63) is 239 Å². The van der Waals surface area contributed by atoms with Gasteiger partial charge in [0.1, 0.15) is 11.2 Å². The number of benzene rings is 7. The van der Waals surface area contributed by atoms with E-state index in [4.69, 9.17) is 4.98 Å². The van der Waals surface area contributed by atoms with Crippen LogP contribution in [-0.2, 0) is 17.3 Å². The van der Waals surface area contributed by atoms with Crippen LogP contribution in [0, 0.1) is 5.92 Å². The van der Waals surface area contributed by atoms with Crippen LogP contribution in [0.5, 0.6) is 0 Å². The third kappa shape index (κ3) is 4.33. The Hall–Kier alpha value is -7.23. The number of fused-ring (bicyclic) bond motifs is 18. The van der Waals surface area contributed by atoms with Crippen molar-refractivity contribution in [3.8, 4) is 33.6 Å². The Labute approximate surface area is 361 Å². The van der Waals surface area contributed by atoms with Crippen LogP contribution in [0.2, 0.25) is 0 Å². The standard InChI is InChI=1S/C59H43N3/c1-58(2)47-16-6-3-13-41(47)43-30-25-38(34-50(43)58)36-23-28-40(29-24-36)61-53-20-10-5-15-45(53)46-33-37(27-32-54(46)61)39-26-31-44-42-14-4-7-17-48(42)59(51(44)35-39)49-18-8-11-21-55(49)62-56-22-12-9-19-52(56)60-57(59)62/h3-32,34-35,37,41,47H,33H2,1-2H3. The van der Waals surface area contributed by atoms with E-state index in [9.17, 15) is 0 Å². The molecule has 0 N–H and O–H groups in total. The van der Waals surface area contributed by atoms with E-state index in [1.165, 1.54) is 89.2 Å². The van der Waals surface area contributed by atoms with Gasteiger partial charge in [-0.05, 0) is 121 Å². The van der Waals surface area contributed by atoms with Crippen molar-refractivity contribution in [1.82, 2.24) is 14.1 Å². The SMILES string of the molecule is CC1(C)c2cc(-c3ccc(-n4c5c(c6ccccc64)CC(c4ccc6c(c4)C4(c7ccccc7-6)c6ccccc6-n6c4nc4ccccc46)C=C5)cc3)ccc2C2C=CC=CC21. The molecule has 0 saturated heterocycles. The van der Waals surface area contributed by atoms with Crippen LogP contribution >= 0.6 is 0 Å². The fourth-order valence-electron chi connectivity index (χ4n) is 12.6. The average molecular weight is 794 g/mol. The lowest BCUT2D eigenvalue weighted by Crippen LogP contribution is -2.27. The van der Waals surface area contributed by atoms with Crippen LogP contribution in [-0.4, -0.2) is 14.1 Å². The number of nitrogens with zero attached hydrogens (tertiary/aromatic N) is 3. The van der Waals surface area contributed by atoms with Crippen molar-refractivity contribution >= 4 is 28.0 Å². The minimum atomic E-state index is -0.508. The lowest BCUT2D eigenvalue weighted by atomic mass is 9.72. The molecule has 4 unspecified atom stereocenters. The molecule has 4 atom stereocenters. The van der Waals surface area contributed by atoms with Crippen molar-refractivity contribution in [3.63, 3.8) is 0 Å². The number of hydrogen-bond acceptors (Lipinski definition) is 1. The van der Waals surface area contributed by atoms with Crippen molar-refractivity contribution < 1.29 is 0 Å². The van der Waals surface area contributed by atoms with Gasteiger partial charge in [-0.15, -0.1) is 0 Å². The lowest BCUT2D eigenvalue weighted by Gasteiger charge is -2.29. The van der Waals surface area contributed by atoms with Crippen molar-refractivity contribution in [2.45, 2.75) is 42.9 Å². The molecule has 7 aromatic carbocycles. The van der Waals surface area contributed by atoms with Gasteiger partial charge in [-0.25, -0.2) is 4.98 Å². The number of imidazole rings is 1. The number of rotatable bonds is 3. The zero-order chi connectivity index (χ0) is 40.9. The van der Waals surface area contributed by atoms with Crippen molar-refractivity contribution in [2.75, 3.05) is 0 Å². The normalized spacial score (nSPS) is 21.5. The number of allylic oxidation sites excluding steroid dienone is 5. The molecule has 14 rings (SSSR count). The Balaban J connectivity index is 0.858. The Morgan fingerprint density at radius 1 is 0.581 bits per heavy atom. The molecule has 4 aliphatic carbocycles. The molecule has 5 aliphatic rings. The minimum Gasteiger partial charge on any atom is -0.310 e. The summed E-state index contributed by atoms with van der Waals surface area (Å²) in [5, 5.41) is 1.33. The predicted molar refractivity (Wildman–Crippen MR) is 254 cm³/mol. The molecule has 3 heteroatoms. The fourth-order valence-corrected chi connectivity index (χ4v) is 12.6. The fraction of sp³-hybridized carbons (Fsp3) is 0.136. The Bertz CT molecular complexity index is 3490. The summed E-state index contributed by atoms with van der Waals surface area (Å²) in [5.74, 6) is 2.29. The zero-order valence-electron chi connectivity index (χ0n) is 34.8. The molecule has 3 heterocycles. The van der Waals surface area contributed by atoms with Gasteiger partial charge in [0, 0.05) is 28.6 Å². The molecule has 0 saturated carbocycles. The third-order valence-electron chi connectivity index (χ3n) is 15.4. The first kappa shape index (κ1) is 34.5. The van der Waals surface area contributed by atoms with Crippen LogP contribution in [0.4, 0.5) is 0 Å². The number of hydrogen-bond donors (Lipinski definition) is 0. The van der Waals surface area contributed by atoms with E-state index in [-0.39, 0.29) is 11.3 Å². The van der Waals surface area contributed by atoms with E-state index in [1.807, 2.05) is 0 Å². The van der Waals surface area contributed by atoms with Gasteiger partial charge in [0.05, 0.1) is 22.2 Å². The summed E-state index contributed by atoms with van der Waals surface area (Å²) in [5.41, 5.74) is 21.5. The molecule has 294 valence electrons. The van der Waals surface area contributed by atoms with Gasteiger partial charge < -0.3 is 4.57 Å².